The fraction of sp³-hybridized carbons (Fsp3) is 0.500. The Labute approximate surface area is 102 Å². The number of ketones is 1. The van der Waals surface area contributed by atoms with Crippen molar-refractivity contribution < 1.29 is 4.79 Å². The van der Waals surface area contributed by atoms with Crippen molar-refractivity contribution in [2.75, 3.05) is 30.4 Å². The molecule has 17 heavy (non-hydrogen) atoms. The van der Waals surface area contributed by atoms with E-state index in [2.05, 4.69) is 29.4 Å². The van der Waals surface area contributed by atoms with Crippen LogP contribution < -0.4 is 10.2 Å². The zero-order valence-electron chi connectivity index (χ0n) is 10.3. The van der Waals surface area contributed by atoms with Crippen molar-refractivity contribution in [3.8, 4) is 0 Å². The van der Waals surface area contributed by atoms with Gasteiger partial charge in [0.05, 0.1) is 0 Å². The summed E-state index contributed by atoms with van der Waals surface area (Å²) in [5.74, 6) is 0.284. The molecule has 2 aliphatic heterocycles. The van der Waals surface area contributed by atoms with E-state index in [0.29, 0.717) is 6.42 Å². The highest BCUT2D eigenvalue weighted by Crippen LogP contribution is 2.33. The Morgan fingerprint density at radius 2 is 2.12 bits per heavy atom. The summed E-state index contributed by atoms with van der Waals surface area (Å²) in [6.45, 7) is 2.00. The fourth-order valence-corrected chi connectivity index (χ4v) is 2.80. The molecule has 0 fully saturated rings. The predicted octanol–water partition coefficient (Wildman–Crippen LogP) is 2.46. The van der Waals surface area contributed by atoms with Crippen molar-refractivity contribution in [3.63, 3.8) is 0 Å². The minimum absolute atomic E-state index is 0.284. The number of aryl methyl sites for hydroxylation is 1. The van der Waals surface area contributed by atoms with Gasteiger partial charge in [-0.05, 0) is 37.0 Å². The number of carbonyl (C=O) groups excluding carboxylic acids is 1. The highest BCUT2D eigenvalue weighted by atomic mass is 16.1. The van der Waals surface area contributed by atoms with Gasteiger partial charge < -0.3 is 10.2 Å². The van der Waals surface area contributed by atoms with Crippen molar-refractivity contribution >= 4 is 17.2 Å². The summed E-state index contributed by atoms with van der Waals surface area (Å²) in [6, 6.07) is 4.27. The first-order valence-corrected chi connectivity index (χ1v) is 6.41. The third-order valence-corrected chi connectivity index (χ3v) is 3.77. The molecule has 2 heterocycles. The number of anilines is 2. The van der Waals surface area contributed by atoms with Crippen LogP contribution in [-0.2, 0) is 6.42 Å². The highest BCUT2D eigenvalue weighted by molar-refractivity contribution is 6.03. The number of rotatable bonds is 0. The summed E-state index contributed by atoms with van der Waals surface area (Å²) >= 11 is 0. The number of benzene rings is 1. The van der Waals surface area contributed by atoms with Gasteiger partial charge in [-0.3, -0.25) is 4.79 Å². The molecule has 1 aromatic carbocycles. The lowest BCUT2D eigenvalue weighted by molar-refractivity contribution is 0.0984. The molecule has 0 saturated carbocycles. The third-order valence-electron chi connectivity index (χ3n) is 3.77. The molecule has 0 bridgehead atoms. The van der Waals surface area contributed by atoms with E-state index in [9.17, 15) is 4.79 Å². The Bertz CT molecular complexity index is 468. The van der Waals surface area contributed by atoms with Gasteiger partial charge in [0.2, 0.25) is 0 Å². The summed E-state index contributed by atoms with van der Waals surface area (Å²) in [7, 11) is 2.11. The van der Waals surface area contributed by atoms with Gasteiger partial charge in [-0.25, -0.2) is 0 Å². The molecule has 0 aromatic heterocycles. The minimum Gasteiger partial charge on any atom is -0.384 e. The molecule has 0 saturated heterocycles. The predicted molar refractivity (Wildman–Crippen MR) is 70.1 cm³/mol. The number of fused-ring (bicyclic) bond motifs is 2. The molecule has 90 valence electrons. The van der Waals surface area contributed by atoms with Crippen LogP contribution in [0.2, 0.25) is 0 Å². The quantitative estimate of drug-likeness (QED) is 0.743. The zero-order chi connectivity index (χ0) is 11.8. The number of hydrogen-bond donors (Lipinski definition) is 1. The smallest absolute Gasteiger partial charge is 0.165 e. The maximum Gasteiger partial charge on any atom is 0.165 e. The van der Waals surface area contributed by atoms with Crippen LogP contribution in [0.3, 0.4) is 0 Å². The normalized spacial score (nSPS) is 19.1. The van der Waals surface area contributed by atoms with Crippen molar-refractivity contribution in [3.05, 3.63) is 23.3 Å². The van der Waals surface area contributed by atoms with Crippen molar-refractivity contribution in [1.29, 1.82) is 0 Å². The van der Waals surface area contributed by atoms with Crippen LogP contribution in [0.25, 0.3) is 0 Å². The van der Waals surface area contributed by atoms with Gasteiger partial charge in [0.25, 0.3) is 0 Å². The Balaban J connectivity index is 2.12. The van der Waals surface area contributed by atoms with Crippen LogP contribution in [0.15, 0.2) is 12.1 Å². The monoisotopic (exact) mass is 230 g/mol. The van der Waals surface area contributed by atoms with Crippen LogP contribution in [0.1, 0.15) is 35.2 Å². The van der Waals surface area contributed by atoms with E-state index in [1.165, 1.54) is 17.7 Å². The highest BCUT2D eigenvalue weighted by Gasteiger charge is 2.21. The lowest BCUT2D eigenvalue weighted by Gasteiger charge is -2.28. The second kappa shape index (κ2) is 4.06. The third kappa shape index (κ3) is 1.79. The summed E-state index contributed by atoms with van der Waals surface area (Å²) < 4.78 is 0. The summed E-state index contributed by atoms with van der Waals surface area (Å²) in [6.07, 6.45) is 3.94. The van der Waals surface area contributed by atoms with Crippen LogP contribution in [-0.4, -0.2) is 25.9 Å². The van der Waals surface area contributed by atoms with Crippen molar-refractivity contribution in [1.82, 2.24) is 0 Å². The molecule has 0 unspecified atom stereocenters. The first-order chi connectivity index (χ1) is 8.25. The van der Waals surface area contributed by atoms with Crippen LogP contribution in [0.5, 0.6) is 0 Å². The number of hydrogen-bond acceptors (Lipinski definition) is 3. The van der Waals surface area contributed by atoms with Crippen LogP contribution in [0, 0.1) is 0 Å². The second-order valence-electron chi connectivity index (χ2n) is 5.01. The molecule has 0 radical (unpaired) electrons. The number of nitrogens with one attached hydrogen (secondary N) is 1. The number of nitrogens with zero attached hydrogens (tertiary/aromatic N) is 1. The molecule has 3 heteroatoms. The average molecular weight is 230 g/mol. The Morgan fingerprint density at radius 3 is 3.00 bits per heavy atom. The molecule has 0 aliphatic carbocycles. The molecular formula is C14H18N2O. The van der Waals surface area contributed by atoms with Gasteiger partial charge in [-0.15, -0.1) is 0 Å². The fourth-order valence-electron chi connectivity index (χ4n) is 2.80. The van der Waals surface area contributed by atoms with Crippen LogP contribution in [0.4, 0.5) is 11.4 Å². The number of carbonyl (C=O) groups is 1. The average Bonchev–Trinajstić information content (AvgIpc) is 2.50. The van der Waals surface area contributed by atoms with Gasteiger partial charge in [0, 0.05) is 43.5 Å². The molecule has 0 atom stereocenters. The van der Waals surface area contributed by atoms with Gasteiger partial charge in [0.15, 0.2) is 5.78 Å². The summed E-state index contributed by atoms with van der Waals surface area (Å²) in [4.78, 5) is 14.3. The Morgan fingerprint density at radius 1 is 1.24 bits per heavy atom. The molecule has 3 nitrogen and oxygen atoms in total. The summed E-state index contributed by atoms with van der Waals surface area (Å²) in [5.41, 5.74) is 4.54. The zero-order valence-corrected chi connectivity index (χ0v) is 10.3. The van der Waals surface area contributed by atoms with Crippen LogP contribution >= 0.6 is 0 Å². The molecule has 0 spiro atoms. The molecule has 1 N–H and O–H groups in total. The molecule has 0 amide bonds. The standard InChI is InChI=1S/C14H18N2O/c1-16-7-3-4-10-8-12-11(9-13(10)16)14(17)5-2-6-15-12/h8-9,15H,2-7H2,1H3. The first-order valence-electron chi connectivity index (χ1n) is 6.41. The molecular weight excluding hydrogens is 212 g/mol. The lowest BCUT2D eigenvalue weighted by Crippen LogP contribution is -2.25. The van der Waals surface area contributed by atoms with E-state index < -0.39 is 0 Å². The van der Waals surface area contributed by atoms with Crippen molar-refractivity contribution in [2.45, 2.75) is 25.7 Å². The van der Waals surface area contributed by atoms with E-state index >= 15 is 0 Å². The topological polar surface area (TPSA) is 32.3 Å². The SMILES string of the molecule is CN1CCCc2cc3c(cc21)C(=O)CCCN3. The number of Topliss-reactive ketones (excluding diaryl/α,β-unsaturated/α-hetero) is 1. The first kappa shape index (κ1) is 10.6. The van der Waals surface area contributed by atoms with Gasteiger partial charge in [0.1, 0.15) is 0 Å². The lowest BCUT2D eigenvalue weighted by atomic mass is 9.96. The van der Waals surface area contributed by atoms with E-state index in [1.807, 2.05) is 0 Å². The second-order valence-corrected chi connectivity index (χ2v) is 5.01. The Kier molecular flexibility index (Phi) is 2.54. The van der Waals surface area contributed by atoms with E-state index in [1.54, 1.807) is 0 Å². The largest absolute Gasteiger partial charge is 0.384 e. The van der Waals surface area contributed by atoms with E-state index in [0.717, 1.165) is 37.2 Å². The van der Waals surface area contributed by atoms with Gasteiger partial charge >= 0.3 is 0 Å². The molecule has 3 rings (SSSR count). The summed E-state index contributed by atoms with van der Waals surface area (Å²) in [5, 5.41) is 3.38. The van der Waals surface area contributed by atoms with Crippen molar-refractivity contribution in [2.24, 2.45) is 0 Å². The van der Waals surface area contributed by atoms with Gasteiger partial charge in [-0.1, -0.05) is 0 Å². The maximum atomic E-state index is 12.0. The molecule has 2 aliphatic rings. The minimum atomic E-state index is 0.284. The van der Waals surface area contributed by atoms with E-state index in [4.69, 9.17) is 0 Å². The molecule has 1 aromatic rings. The maximum absolute atomic E-state index is 12.0. The van der Waals surface area contributed by atoms with Gasteiger partial charge in [-0.2, -0.15) is 0 Å². The Hall–Kier alpha value is -1.51. The van der Waals surface area contributed by atoms with E-state index in [-0.39, 0.29) is 5.78 Å².